The van der Waals surface area contributed by atoms with Crippen LogP contribution in [-0.2, 0) is 11.5 Å². The Labute approximate surface area is 84.1 Å². The summed E-state index contributed by atoms with van der Waals surface area (Å²) in [7, 11) is 0. The van der Waals surface area contributed by atoms with E-state index in [0.29, 0.717) is 6.20 Å². The quantitative estimate of drug-likeness (QED) is 0.619. The second-order valence-electron chi connectivity index (χ2n) is 2.46. The zero-order valence-electron chi connectivity index (χ0n) is 6.58. The Morgan fingerprint density at radius 2 is 2.00 bits per heavy atom. The second kappa shape index (κ2) is 3.72. The summed E-state index contributed by atoms with van der Waals surface area (Å²) in [5, 5.41) is -0.0494. The molecular formula is C7H4BrF4NO. The van der Waals surface area contributed by atoms with Gasteiger partial charge < -0.3 is 4.98 Å². The van der Waals surface area contributed by atoms with E-state index in [9.17, 15) is 22.4 Å². The van der Waals surface area contributed by atoms with Crippen LogP contribution in [0.2, 0.25) is 0 Å². The SMILES string of the molecule is O=c1c(C(F)(F)F)c[nH]c(CBr)c1F. The fraction of sp³-hybridized carbons (Fsp3) is 0.286. The third-order valence-corrected chi connectivity index (χ3v) is 2.10. The van der Waals surface area contributed by atoms with Gasteiger partial charge in [-0.05, 0) is 0 Å². The van der Waals surface area contributed by atoms with Crippen molar-refractivity contribution in [3.05, 3.63) is 33.5 Å². The number of hydrogen-bond acceptors (Lipinski definition) is 1. The van der Waals surface area contributed by atoms with Crippen molar-refractivity contribution in [3.8, 4) is 0 Å². The molecule has 14 heavy (non-hydrogen) atoms. The van der Waals surface area contributed by atoms with Crippen LogP contribution in [0.5, 0.6) is 0 Å². The Balaban J connectivity index is 3.40. The molecule has 78 valence electrons. The third kappa shape index (κ3) is 1.97. The lowest BCUT2D eigenvalue weighted by Gasteiger charge is -2.06. The van der Waals surface area contributed by atoms with Gasteiger partial charge in [-0.1, -0.05) is 15.9 Å². The standard InChI is InChI=1S/C7H4BrF4NO/c8-1-4-5(9)6(14)3(2-13-4)7(10,11)12/h2H,1H2,(H,13,14). The molecule has 0 saturated carbocycles. The predicted octanol–water partition coefficient (Wildman–Crippen LogP) is 2.43. The third-order valence-electron chi connectivity index (χ3n) is 1.54. The van der Waals surface area contributed by atoms with Crippen LogP contribution in [0.1, 0.15) is 11.3 Å². The number of rotatable bonds is 1. The maximum Gasteiger partial charge on any atom is 0.421 e. The van der Waals surface area contributed by atoms with Gasteiger partial charge in [0.2, 0.25) is 5.43 Å². The van der Waals surface area contributed by atoms with E-state index in [4.69, 9.17) is 0 Å². The average Bonchev–Trinajstić information content (AvgIpc) is 2.07. The Hall–Kier alpha value is -0.850. The number of alkyl halides is 4. The molecule has 0 atom stereocenters. The number of nitrogens with one attached hydrogen (secondary N) is 1. The van der Waals surface area contributed by atoms with E-state index < -0.39 is 23.0 Å². The van der Waals surface area contributed by atoms with E-state index in [2.05, 4.69) is 20.9 Å². The first-order valence-corrected chi connectivity index (χ1v) is 4.53. The van der Waals surface area contributed by atoms with Crippen molar-refractivity contribution in [2.24, 2.45) is 0 Å². The van der Waals surface area contributed by atoms with Gasteiger partial charge in [0.15, 0.2) is 5.82 Å². The van der Waals surface area contributed by atoms with Gasteiger partial charge in [0, 0.05) is 11.5 Å². The molecular weight excluding hydrogens is 270 g/mol. The van der Waals surface area contributed by atoms with Gasteiger partial charge in [0.05, 0.1) is 5.69 Å². The average molecular weight is 274 g/mol. The van der Waals surface area contributed by atoms with Gasteiger partial charge in [-0.25, -0.2) is 4.39 Å². The van der Waals surface area contributed by atoms with E-state index in [1.54, 1.807) is 0 Å². The largest absolute Gasteiger partial charge is 0.421 e. The number of H-pyrrole nitrogens is 1. The zero-order chi connectivity index (χ0) is 10.9. The van der Waals surface area contributed by atoms with E-state index in [-0.39, 0.29) is 11.0 Å². The van der Waals surface area contributed by atoms with Crippen LogP contribution in [0.15, 0.2) is 11.0 Å². The minimum atomic E-state index is -4.83. The predicted molar refractivity (Wildman–Crippen MR) is 44.7 cm³/mol. The lowest BCUT2D eigenvalue weighted by atomic mass is 10.2. The zero-order valence-corrected chi connectivity index (χ0v) is 8.17. The highest BCUT2D eigenvalue weighted by Crippen LogP contribution is 2.26. The molecule has 0 aliphatic carbocycles. The summed E-state index contributed by atoms with van der Waals surface area (Å²) in [5.74, 6) is -1.41. The summed E-state index contributed by atoms with van der Waals surface area (Å²) in [5.41, 5.74) is -3.37. The monoisotopic (exact) mass is 273 g/mol. The van der Waals surface area contributed by atoms with Gasteiger partial charge in [-0.15, -0.1) is 0 Å². The topological polar surface area (TPSA) is 32.9 Å². The molecule has 1 aromatic rings. The van der Waals surface area contributed by atoms with Gasteiger partial charge in [-0.3, -0.25) is 4.79 Å². The Morgan fingerprint density at radius 1 is 1.43 bits per heavy atom. The molecule has 0 bridgehead atoms. The molecule has 0 saturated heterocycles. The minimum absolute atomic E-state index is 0.0494. The van der Waals surface area contributed by atoms with Crippen molar-refractivity contribution in [1.82, 2.24) is 4.98 Å². The molecule has 7 heteroatoms. The van der Waals surface area contributed by atoms with Crippen molar-refractivity contribution >= 4 is 15.9 Å². The summed E-state index contributed by atoms with van der Waals surface area (Å²) >= 11 is 2.83. The maximum absolute atomic E-state index is 12.9. The highest BCUT2D eigenvalue weighted by Gasteiger charge is 2.35. The van der Waals surface area contributed by atoms with Crippen LogP contribution in [0.25, 0.3) is 0 Å². The maximum atomic E-state index is 12.9. The number of halogens is 5. The summed E-state index contributed by atoms with van der Waals surface area (Å²) in [4.78, 5) is 12.9. The highest BCUT2D eigenvalue weighted by molar-refractivity contribution is 9.08. The molecule has 1 heterocycles. The van der Waals surface area contributed by atoms with Gasteiger partial charge in [0.25, 0.3) is 0 Å². The molecule has 0 aromatic carbocycles. The van der Waals surface area contributed by atoms with Gasteiger partial charge in [0.1, 0.15) is 5.56 Å². The van der Waals surface area contributed by atoms with Crippen molar-refractivity contribution in [1.29, 1.82) is 0 Å². The highest BCUT2D eigenvalue weighted by atomic mass is 79.9. The van der Waals surface area contributed by atoms with E-state index in [1.807, 2.05) is 0 Å². The van der Waals surface area contributed by atoms with Crippen LogP contribution < -0.4 is 5.43 Å². The Kier molecular flexibility index (Phi) is 2.98. The number of aromatic nitrogens is 1. The van der Waals surface area contributed by atoms with Crippen LogP contribution >= 0.6 is 15.9 Å². The number of pyridine rings is 1. The van der Waals surface area contributed by atoms with Crippen molar-refractivity contribution in [2.75, 3.05) is 0 Å². The van der Waals surface area contributed by atoms with Crippen molar-refractivity contribution in [2.45, 2.75) is 11.5 Å². The van der Waals surface area contributed by atoms with E-state index in [0.717, 1.165) is 0 Å². The van der Waals surface area contributed by atoms with Crippen LogP contribution in [0.4, 0.5) is 17.6 Å². The Morgan fingerprint density at radius 3 is 2.43 bits per heavy atom. The number of hydrogen-bond donors (Lipinski definition) is 1. The summed E-state index contributed by atoms with van der Waals surface area (Å²) < 4.78 is 49.1. The van der Waals surface area contributed by atoms with Gasteiger partial charge >= 0.3 is 6.18 Å². The molecule has 1 rings (SSSR count). The molecule has 0 amide bonds. The summed E-state index contributed by atoms with van der Waals surface area (Å²) in [6, 6.07) is 0. The first-order valence-electron chi connectivity index (χ1n) is 3.41. The summed E-state index contributed by atoms with van der Waals surface area (Å²) in [6.45, 7) is 0. The van der Waals surface area contributed by atoms with E-state index in [1.165, 1.54) is 0 Å². The van der Waals surface area contributed by atoms with Crippen LogP contribution in [-0.4, -0.2) is 4.98 Å². The molecule has 0 unspecified atom stereocenters. The summed E-state index contributed by atoms with van der Waals surface area (Å²) in [6.07, 6.45) is -4.37. The first kappa shape index (κ1) is 11.2. The smallest absolute Gasteiger partial charge is 0.361 e. The molecule has 2 nitrogen and oxygen atoms in total. The molecule has 0 spiro atoms. The Bertz CT molecular complexity index is 398. The van der Waals surface area contributed by atoms with Crippen LogP contribution in [0, 0.1) is 5.82 Å². The van der Waals surface area contributed by atoms with Crippen molar-refractivity contribution < 1.29 is 17.6 Å². The first-order chi connectivity index (χ1) is 6.38. The van der Waals surface area contributed by atoms with E-state index >= 15 is 0 Å². The molecule has 0 fully saturated rings. The fourth-order valence-corrected chi connectivity index (χ4v) is 1.26. The normalized spacial score (nSPS) is 11.8. The fourth-order valence-electron chi connectivity index (χ4n) is 0.851. The van der Waals surface area contributed by atoms with Crippen molar-refractivity contribution in [3.63, 3.8) is 0 Å². The number of aromatic amines is 1. The molecule has 1 N–H and O–H groups in total. The van der Waals surface area contributed by atoms with Crippen LogP contribution in [0.3, 0.4) is 0 Å². The molecule has 0 radical (unpaired) electrons. The molecule has 0 aliphatic heterocycles. The molecule has 1 aromatic heterocycles. The molecule has 0 aliphatic rings. The van der Waals surface area contributed by atoms with Gasteiger partial charge in [-0.2, -0.15) is 13.2 Å². The second-order valence-corrected chi connectivity index (χ2v) is 3.02. The lowest BCUT2D eigenvalue weighted by Crippen LogP contribution is -2.23. The lowest BCUT2D eigenvalue weighted by molar-refractivity contribution is -0.138. The minimum Gasteiger partial charge on any atom is -0.361 e.